The van der Waals surface area contributed by atoms with Crippen molar-refractivity contribution in [1.82, 2.24) is 0 Å². The zero-order valence-electron chi connectivity index (χ0n) is 19.0. The Morgan fingerprint density at radius 3 is 2.56 bits per heavy atom. The Balaban J connectivity index is 1.39. The van der Waals surface area contributed by atoms with Gasteiger partial charge in [-0.05, 0) is 61.3 Å². The zero-order valence-corrected chi connectivity index (χ0v) is 19.8. The summed E-state index contributed by atoms with van der Waals surface area (Å²) in [4.78, 5) is 27.5. The lowest BCUT2D eigenvalue weighted by Crippen LogP contribution is -2.22. The highest BCUT2D eigenvalue weighted by Gasteiger charge is 2.27. The summed E-state index contributed by atoms with van der Waals surface area (Å²) >= 11 is 1.51. The smallest absolute Gasteiger partial charge is 0.262 e. The first kappa shape index (κ1) is 22.2. The highest BCUT2D eigenvalue weighted by Crippen LogP contribution is 2.39. The fourth-order valence-corrected chi connectivity index (χ4v) is 5.74. The zero-order chi connectivity index (χ0) is 23.5. The Hall–Kier alpha value is -3.64. The minimum Gasteiger partial charge on any atom is -0.483 e. The molecule has 2 N–H and O–H groups in total. The molecule has 0 aliphatic heterocycles. The summed E-state index contributed by atoms with van der Waals surface area (Å²) in [6.07, 6.45) is 3.92. The van der Waals surface area contributed by atoms with E-state index in [9.17, 15) is 9.59 Å². The van der Waals surface area contributed by atoms with Gasteiger partial charge in [0.2, 0.25) is 0 Å². The molecule has 4 aromatic rings. The predicted octanol–water partition coefficient (Wildman–Crippen LogP) is 6.36. The number of fused-ring (bicyclic) bond motifs is 2. The second-order valence-electron chi connectivity index (χ2n) is 8.50. The molecule has 1 heterocycles. The van der Waals surface area contributed by atoms with E-state index in [0.29, 0.717) is 16.3 Å². The van der Waals surface area contributed by atoms with Crippen LogP contribution in [0.15, 0.2) is 66.7 Å². The summed E-state index contributed by atoms with van der Waals surface area (Å²) in [5, 5.41) is 8.71. The van der Waals surface area contributed by atoms with Crippen molar-refractivity contribution in [2.24, 2.45) is 0 Å². The molecule has 1 aliphatic rings. The van der Waals surface area contributed by atoms with Gasteiger partial charge in [-0.25, -0.2) is 0 Å². The van der Waals surface area contributed by atoms with Gasteiger partial charge in [-0.3, -0.25) is 9.59 Å². The van der Waals surface area contributed by atoms with Crippen molar-refractivity contribution in [3.8, 4) is 5.75 Å². The summed E-state index contributed by atoms with van der Waals surface area (Å²) in [5.41, 5.74) is 3.37. The van der Waals surface area contributed by atoms with Crippen molar-refractivity contribution < 1.29 is 14.3 Å². The van der Waals surface area contributed by atoms with E-state index in [1.807, 2.05) is 73.7 Å². The summed E-state index contributed by atoms with van der Waals surface area (Å²) in [6.45, 7) is 1.83. The lowest BCUT2D eigenvalue weighted by Gasteiger charge is -2.14. The van der Waals surface area contributed by atoms with Gasteiger partial charge in [0.15, 0.2) is 6.61 Å². The van der Waals surface area contributed by atoms with Gasteiger partial charge in [0, 0.05) is 16.0 Å². The van der Waals surface area contributed by atoms with Crippen LogP contribution in [0.1, 0.15) is 39.2 Å². The lowest BCUT2D eigenvalue weighted by atomic mass is 9.95. The molecule has 34 heavy (non-hydrogen) atoms. The van der Waals surface area contributed by atoms with E-state index in [1.165, 1.54) is 16.2 Å². The van der Waals surface area contributed by atoms with Gasteiger partial charge in [0.25, 0.3) is 11.8 Å². The van der Waals surface area contributed by atoms with Gasteiger partial charge in [-0.2, -0.15) is 0 Å². The van der Waals surface area contributed by atoms with E-state index >= 15 is 0 Å². The van der Waals surface area contributed by atoms with Gasteiger partial charge in [0.05, 0.1) is 5.56 Å². The quantitative estimate of drug-likeness (QED) is 0.345. The average molecular weight is 471 g/mol. The molecule has 0 saturated heterocycles. The van der Waals surface area contributed by atoms with Crippen LogP contribution in [0.2, 0.25) is 0 Å². The molecule has 0 unspecified atom stereocenters. The number of ether oxygens (including phenoxy) is 1. The van der Waals surface area contributed by atoms with Crippen LogP contribution in [0.25, 0.3) is 10.8 Å². The minimum absolute atomic E-state index is 0.113. The van der Waals surface area contributed by atoms with Crippen LogP contribution in [0.3, 0.4) is 0 Å². The number of hydrogen-bond acceptors (Lipinski definition) is 4. The second kappa shape index (κ2) is 9.69. The Kier molecular flexibility index (Phi) is 6.32. The first-order valence-electron chi connectivity index (χ1n) is 11.5. The fourth-order valence-electron chi connectivity index (χ4n) is 4.44. The number of nitrogens with one attached hydrogen (secondary N) is 2. The normalized spacial score (nSPS) is 12.7. The van der Waals surface area contributed by atoms with E-state index in [-0.39, 0.29) is 18.4 Å². The number of rotatable bonds is 6. The maximum atomic E-state index is 13.5. The number of anilines is 2. The minimum atomic E-state index is -0.277. The van der Waals surface area contributed by atoms with Crippen LogP contribution < -0.4 is 15.4 Å². The van der Waals surface area contributed by atoms with Crippen LogP contribution in [0.5, 0.6) is 5.75 Å². The van der Waals surface area contributed by atoms with Crippen LogP contribution in [0, 0.1) is 6.92 Å². The summed E-state index contributed by atoms with van der Waals surface area (Å²) in [5.74, 6) is 0.212. The van der Waals surface area contributed by atoms with E-state index < -0.39 is 0 Å². The molecular weight excluding hydrogens is 444 g/mol. The Labute approximate surface area is 202 Å². The van der Waals surface area contributed by atoms with Crippen molar-refractivity contribution in [3.05, 3.63) is 88.3 Å². The fraction of sp³-hybridized carbons (Fsp3) is 0.214. The molecular formula is C28H26N2O3S. The standard InChI is InChI=1S/C28H26N2O3S/c1-18-9-2-6-15-23(18)33-17-25(31)30-28-26(21-13-5-7-16-24(21)34-28)27(32)29-22-14-8-11-19-10-3-4-12-20(19)22/h2-4,6,8-12,14-15H,5,7,13,16-17H2,1H3,(H,29,32)(H,30,31). The molecule has 0 saturated carbocycles. The molecule has 0 spiro atoms. The van der Waals surface area contributed by atoms with E-state index in [0.717, 1.165) is 53.3 Å². The molecule has 0 atom stereocenters. The summed E-state index contributed by atoms with van der Waals surface area (Å²) in [6, 6.07) is 21.4. The number of hydrogen-bond donors (Lipinski definition) is 2. The number of benzene rings is 3. The molecule has 0 radical (unpaired) electrons. The van der Waals surface area contributed by atoms with Crippen LogP contribution in [-0.4, -0.2) is 18.4 Å². The summed E-state index contributed by atoms with van der Waals surface area (Å²) in [7, 11) is 0. The molecule has 1 aliphatic carbocycles. The third kappa shape index (κ3) is 4.54. The number of carbonyl (C=O) groups excluding carboxylic acids is 2. The van der Waals surface area contributed by atoms with Gasteiger partial charge < -0.3 is 15.4 Å². The number of carbonyl (C=O) groups is 2. The molecule has 0 bridgehead atoms. The van der Waals surface area contributed by atoms with Crippen molar-refractivity contribution in [2.45, 2.75) is 32.6 Å². The average Bonchev–Trinajstić information content (AvgIpc) is 3.21. The van der Waals surface area contributed by atoms with Gasteiger partial charge in [0.1, 0.15) is 10.8 Å². The van der Waals surface area contributed by atoms with Crippen molar-refractivity contribution in [2.75, 3.05) is 17.2 Å². The highest BCUT2D eigenvalue weighted by molar-refractivity contribution is 7.17. The molecule has 5 rings (SSSR count). The van der Waals surface area contributed by atoms with Gasteiger partial charge >= 0.3 is 0 Å². The van der Waals surface area contributed by atoms with Crippen molar-refractivity contribution >= 4 is 44.6 Å². The molecule has 1 aromatic heterocycles. The molecule has 2 amide bonds. The molecule has 0 fully saturated rings. The molecule has 172 valence electrons. The number of thiophene rings is 1. The first-order chi connectivity index (χ1) is 16.6. The number of amides is 2. The SMILES string of the molecule is Cc1ccccc1OCC(=O)Nc1sc2c(c1C(=O)Nc1cccc3ccccc13)CCCC2. The molecule has 5 nitrogen and oxygen atoms in total. The maximum absolute atomic E-state index is 13.5. The lowest BCUT2D eigenvalue weighted by molar-refractivity contribution is -0.118. The van der Waals surface area contributed by atoms with E-state index in [1.54, 1.807) is 0 Å². The van der Waals surface area contributed by atoms with Crippen LogP contribution in [-0.2, 0) is 17.6 Å². The van der Waals surface area contributed by atoms with Gasteiger partial charge in [-0.1, -0.05) is 54.6 Å². The Bertz CT molecular complexity index is 1370. The highest BCUT2D eigenvalue weighted by atomic mass is 32.1. The van der Waals surface area contributed by atoms with E-state index in [4.69, 9.17) is 4.74 Å². The second-order valence-corrected chi connectivity index (χ2v) is 9.60. The molecule has 3 aromatic carbocycles. The third-order valence-corrected chi connectivity index (χ3v) is 7.35. The number of aryl methyl sites for hydroxylation is 2. The van der Waals surface area contributed by atoms with Crippen LogP contribution >= 0.6 is 11.3 Å². The molecule has 6 heteroatoms. The third-order valence-electron chi connectivity index (χ3n) is 6.14. The monoisotopic (exact) mass is 470 g/mol. The maximum Gasteiger partial charge on any atom is 0.262 e. The number of para-hydroxylation sites is 1. The Morgan fingerprint density at radius 2 is 1.68 bits per heavy atom. The van der Waals surface area contributed by atoms with Crippen molar-refractivity contribution in [1.29, 1.82) is 0 Å². The van der Waals surface area contributed by atoms with Crippen LogP contribution in [0.4, 0.5) is 10.7 Å². The predicted molar refractivity (Wildman–Crippen MR) is 138 cm³/mol. The largest absolute Gasteiger partial charge is 0.483 e. The van der Waals surface area contributed by atoms with Gasteiger partial charge in [-0.15, -0.1) is 11.3 Å². The first-order valence-corrected chi connectivity index (χ1v) is 12.3. The van der Waals surface area contributed by atoms with Crippen molar-refractivity contribution in [3.63, 3.8) is 0 Å². The topological polar surface area (TPSA) is 67.4 Å². The van der Waals surface area contributed by atoms with E-state index in [2.05, 4.69) is 10.6 Å². The Morgan fingerprint density at radius 1 is 0.912 bits per heavy atom. The summed E-state index contributed by atoms with van der Waals surface area (Å²) < 4.78 is 5.71.